The van der Waals surface area contributed by atoms with Crippen LogP contribution in [0.2, 0.25) is 5.02 Å². The molecule has 0 bridgehead atoms. The van der Waals surface area contributed by atoms with Crippen LogP contribution in [0.25, 0.3) is 11.3 Å². The molecule has 1 aliphatic heterocycles. The van der Waals surface area contributed by atoms with Crippen molar-refractivity contribution >= 4 is 34.0 Å². The minimum absolute atomic E-state index is 0.0330. The molecule has 28 heavy (non-hydrogen) atoms. The number of amides is 1. The van der Waals surface area contributed by atoms with Crippen LogP contribution in [0.3, 0.4) is 0 Å². The van der Waals surface area contributed by atoms with Crippen molar-refractivity contribution < 1.29 is 4.79 Å². The van der Waals surface area contributed by atoms with Gasteiger partial charge in [0, 0.05) is 40.8 Å². The highest BCUT2D eigenvalue weighted by atomic mass is 35.5. The van der Waals surface area contributed by atoms with Gasteiger partial charge in [0.25, 0.3) is 0 Å². The fraction of sp³-hybridized carbons (Fsp3) is 0.300. The number of benzene rings is 1. The van der Waals surface area contributed by atoms with E-state index in [-0.39, 0.29) is 11.8 Å². The maximum Gasteiger partial charge on any atom is 0.240 e. The Hall–Kier alpha value is -2.35. The van der Waals surface area contributed by atoms with E-state index >= 15 is 0 Å². The number of carbonyl (C=O) groups excluding carboxylic acids is 1. The van der Waals surface area contributed by atoms with Gasteiger partial charge in [0.1, 0.15) is 0 Å². The second-order valence-corrected chi connectivity index (χ2v) is 8.13. The second kappa shape index (κ2) is 8.77. The third-order valence-electron chi connectivity index (χ3n) is 4.74. The Bertz CT molecular complexity index is 949. The van der Waals surface area contributed by atoms with Crippen molar-refractivity contribution in [2.45, 2.75) is 18.8 Å². The van der Waals surface area contributed by atoms with Gasteiger partial charge in [0.15, 0.2) is 5.13 Å². The number of rotatable bonds is 5. The number of carbonyl (C=O) groups is 1. The zero-order valence-corrected chi connectivity index (χ0v) is 16.8. The molecule has 1 amide bonds. The Morgan fingerprint density at radius 3 is 3.11 bits per heavy atom. The number of thiazole rings is 1. The molecule has 1 fully saturated rings. The molecule has 1 N–H and O–H groups in total. The summed E-state index contributed by atoms with van der Waals surface area (Å²) in [5.74, 6) is 0.224. The summed E-state index contributed by atoms with van der Waals surface area (Å²) >= 11 is 7.53. The summed E-state index contributed by atoms with van der Waals surface area (Å²) < 4.78 is 0. The molecule has 0 saturated carbocycles. The molecule has 1 aromatic carbocycles. The van der Waals surface area contributed by atoms with E-state index in [2.05, 4.69) is 20.2 Å². The number of piperidine rings is 1. The van der Waals surface area contributed by atoms with E-state index in [1.807, 2.05) is 35.8 Å². The van der Waals surface area contributed by atoms with Crippen molar-refractivity contribution in [3.63, 3.8) is 0 Å². The lowest BCUT2D eigenvalue weighted by atomic mass is 9.95. The van der Waals surface area contributed by atoms with E-state index < -0.39 is 0 Å². The van der Waals surface area contributed by atoms with Crippen molar-refractivity contribution in [3.8, 4) is 11.3 Å². The molecule has 1 saturated heterocycles. The quantitative estimate of drug-likeness (QED) is 0.682. The van der Waals surface area contributed by atoms with Gasteiger partial charge in [-0.1, -0.05) is 23.7 Å². The van der Waals surface area contributed by atoms with Gasteiger partial charge < -0.3 is 5.32 Å². The maximum absolute atomic E-state index is 12.3. The number of aromatic nitrogens is 3. The Kier molecular flexibility index (Phi) is 5.95. The lowest BCUT2D eigenvalue weighted by Crippen LogP contribution is -2.40. The molecule has 0 unspecified atom stereocenters. The summed E-state index contributed by atoms with van der Waals surface area (Å²) in [6, 6.07) is 7.63. The van der Waals surface area contributed by atoms with Gasteiger partial charge in [-0.25, -0.2) is 9.97 Å². The lowest BCUT2D eigenvalue weighted by molar-refractivity contribution is -0.117. The monoisotopic (exact) mass is 413 g/mol. The summed E-state index contributed by atoms with van der Waals surface area (Å²) in [6.45, 7) is 2.06. The fourth-order valence-electron chi connectivity index (χ4n) is 3.45. The van der Waals surface area contributed by atoms with Crippen molar-refractivity contribution in [1.29, 1.82) is 0 Å². The van der Waals surface area contributed by atoms with E-state index in [1.165, 1.54) is 11.3 Å². The molecule has 2 aromatic heterocycles. The van der Waals surface area contributed by atoms with Crippen LogP contribution in [0.5, 0.6) is 0 Å². The number of nitrogens with one attached hydrogen (secondary N) is 1. The van der Waals surface area contributed by atoms with Crippen LogP contribution >= 0.6 is 22.9 Å². The van der Waals surface area contributed by atoms with E-state index in [1.54, 1.807) is 12.4 Å². The molecule has 3 heterocycles. The topological polar surface area (TPSA) is 71.0 Å². The SMILES string of the molecule is O=C(CN1CCC[C@@H](c2cncc(-c3cccc(Cl)c3)n2)C1)Nc1nccs1. The molecule has 6 nitrogen and oxygen atoms in total. The summed E-state index contributed by atoms with van der Waals surface area (Å²) in [4.78, 5) is 27.8. The molecule has 1 aliphatic rings. The number of halogens is 1. The highest BCUT2D eigenvalue weighted by molar-refractivity contribution is 7.13. The molecule has 0 radical (unpaired) electrons. The number of nitrogens with zero attached hydrogens (tertiary/aromatic N) is 4. The largest absolute Gasteiger partial charge is 0.301 e. The van der Waals surface area contributed by atoms with Gasteiger partial charge >= 0.3 is 0 Å². The zero-order valence-electron chi connectivity index (χ0n) is 15.2. The van der Waals surface area contributed by atoms with Crippen LogP contribution in [0.15, 0.2) is 48.2 Å². The second-order valence-electron chi connectivity index (χ2n) is 6.80. The Morgan fingerprint density at radius 2 is 2.29 bits per heavy atom. The first kappa shape index (κ1) is 19.0. The smallest absolute Gasteiger partial charge is 0.240 e. The predicted molar refractivity (Wildman–Crippen MR) is 112 cm³/mol. The van der Waals surface area contributed by atoms with Gasteiger partial charge in [-0.15, -0.1) is 11.3 Å². The molecule has 144 valence electrons. The number of hydrogen-bond acceptors (Lipinski definition) is 6. The van der Waals surface area contributed by atoms with E-state index in [9.17, 15) is 4.79 Å². The van der Waals surface area contributed by atoms with Gasteiger partial charge in [0.2, 0.25) is 5.91 Å². The minimum Gasteiger partial charge on any atom is -0.301 e. The fourth-order valence-corrected chi connectivity index (χ4v) is 4.19. The minimum atomic E-state index is -0.0330. The standard InChI is InChI=1S/C20H20ClN5OS/c21-16-5-1-3-14(9-16)17-10-22-11-18(24-17)15-4-2-7-26(12-15)13-19(27)25-20-23-6-8-28-20/h1,3,5-6,8-11,15H,2,4,7,12-13H2,(H,23,25,27)/t15-/m1/s1. The Balaban J connectivity index is 1.43. The van der Waals surface area contributed by atoms with Gasteiger partial charge in [0.05, 0.1) is 24.1 Å². The molecular formula is C20H20ClN5OS. The van der Waals surface area contributed by atoms with E-state index in [0.29, 0.717) is 16.7 Å². The lowest BCUT2D eigenvalue weighted by Gasteiger charge is -2.31. The van der Waals surface area contributed by atoms with Crippen molar-refractivity contribution in [3.05, 3.63) is 59.0 Å². The molecule has 0 aliphatic carbocycles. The highest BCUT2D eigenvalue weighted by Crippen LogP contribution is 2.27. The maximum atomic E-state index is 12.3. The van der Waals surface area contributed by atoms with Crippen LogP contribution < -0.4 is 5.32 Å². The average molecular weight is 414 g/mol. The summed E-state index contributed by atoms with van der Waals surface area (Å²) in [5.41, 5.74) is 2.73. The molecule has 3 aromatic rings. The first-order chi connectivity index (χ1) is 13.7. The summed E-state index contributed by atoms with van der Waals surface area (Å²) in [7, 11) is 0. The molecule has 1 atom stereocenters. The molecule has 8 heteroatoms. The van der Waals surface area contributed by atoms with Gasteiger partial charge in [-0.3, -0.25) is 14.7 Å². The number of likely N-dealkylation sites (tertiary alicyclic amines) is 1. The zero-order chi connectivity index (χ0) is 19.3. The third-order valence-corrected chi connectivity index (χ3v) is 5.67. The normalized spacial score (nSPS) is 17.4. The predicted octanol–water partition coefficient (Wildman–Crippen LogP) is 4.07. The first-order valence-corrected chi connectivity index (χ1v) is 10.4. The van der Waals surface area contributed by atoms with E-state index in [4.69, 9.17) is 16.6 Å². The number of anilines is 1. The van der Waals surface area contributed by atoms with Crippen LogP contribution in [0, 0.1) is 0 Å². The van der Waals surface area contributed by atoms with Crippen molar-refractivity contribution in [2.75, 3.05) is 25.0 Å². The molecular weight excluding hydrogens is 394 g/mol. The van der Waals surface area contributed by atoms with Crippen LogP contribution in [-0.2, 0) is 4.79 Å². The van der Waals surface area contributed by atoms with Gasteiger partial charge in [-0.2, -0.15) is 0 Å². The van der Waals surface area contributed by atoms with Crippen LogP contribution in [-0.4, -0.2) is 45.4 Å². The number of hydrogen-bond donors (Lipinski definition) is 1. The molecule has 4 rings (SSSR count). The van der Waals surface area contributed by atoms with Crippen LogP contribution in [0.4, 0.5) is 5.13 Å². The van der Waals surface area contributed by atoms with Crippen LogP contribution in [0.1, 0.15) is 24.5 Å². The van der Waals surface area contributed by atoms with Crippen molar-refractivity contribution in [1.82, 2.24) is 19.9 Å². The molecule has 0 spiro atoms. The first-order valence-electron chi connectivity index (χ1n) is 9.17. The summed E-state index contributed by atoms with van der Waals surface area (Å²) in [6.07, 6.45) is 7.34. The third kappa shape index (κ3) is 4.73. The average Bonchev–Trinajstić information content (AvgIpc) is 3.21. The van der Waals surface area contributed by atoms with Gasteiger partial charge in [-0.05, 0) is 31.5 Å². The van der Waals surface area contributed by atoms with Crippen molar-refractivity contribution in [2.24, 2.45) is 0 Å². The highest BCUT2D eigenvalue weighted by Gasteiger charge is 2.24. The summed E-state index contributed by atoms with van der Waals surface area (Å²) in [5, 5.41) is 6.01. The Labute approximate surface area is 172 Å². The van der Waals surface area contributed by atoms with E-state index in [0.717, 1.165) is 42.9 Å². The Morgan fingerprint density at radius 1 is 1.36 bits per heavy atom.